The van der Waals surface area contributed by atoms with Crippen LogP contribution in [0.5, 0.6) is 0 Å². The second kappa shape index (κ2) is 8.27. The van der Waals surface area contributed by atoms with Gasteiger partial charge in [-0.1, -0.05) is 42.2 Å². The molecule has 3 fully saturated rings. The summed E-state index contributed by atoms with van der Waals surface area (Å²) in [5, 5.41) is 21.3. The zero-order chi connectivity index (χ0) is 21.4. The molecular formula is C26H30N2O3. The summed E-state index contributed by atoms with van der Waals surface area (Å²) >= 11 is 0. The zero-order valence-corrected chi connectivity index (χ0v) is 18.0. The molecule has 0 spiro atoms. The lowest BCUT2D eigenvalue weighted by Crippen LogP contribution is -2.33. The summed E-state index contributed by atoms with van der Waals surface area (Å²) < 4.78 is 5.39. The Morgan fingerprint density at radius 1 is 1.16 bits per heavy atom. The van der Waals surface area contributed by atoms with Gasteiger partial charge in [0.15, 0.2) is 0 Å². The van der Waals surface area contributed by atoms with Crippen LogP contribution in [0.4, 0.5) is 5.82 Å². The number of hydrogen-bond donors (Lipinski definition) is 2. The molecule has 2 aromatic rings. The highest BCUT2D eigenvalue weighted by molar-refractivity contribution is 5.50. The van der Waals surface area contributed by atoms with Crippen LogP contribution in [0.25, 0.3) is 0 Å². The van der Waals surface area contributed by atoms with Gasteiger partial charge in [0, 0.05) is 32.2 Å². The molecule has 2 aliphatic carbocycles. The number of aliphatic hydroxyl groups excluding tert-OH is 1. The van der Waals surface area contributed by atoms with Crippen LogP contribution in [0.3, 0.4) is 0 Å². The Kier molecular flexibility index (Phi) is 5.47. The van der Waals surface area contributed by atoms with Gasteiger partial charge in [0.05, 0.1) is 11.8 Å². The number of aliphatic hydroxyl groups is 2. The maximum Gasteiger partial charge on any atom is 0.129 e. The number of benzene rings is 1. The van der Waals surface area contributed by atoms with Gasteiger partial charge >= 0.3 is 0 Å². The van der Waals surface area contributed by atoms with E-state index in [-0.39, 0.29) is 6.10 Å². The first-order chi connectivity index (χ1) is 15.0. The van der Waals surface area contributed by atoms with Crippen molar-refractivity contribution in [3.8, 4) is 11.8 Å². The second-order valence-electron chi connectivity index (χ2n) is 9.33. The van der Waals surface area contributed by atoms with Crippen LogP contribution in [-0.4, -0.2) is 53.2 Å². The molecule has 2 heterocycles. The highest BCUT2D eigenvalue weighted by Gasteiger charge is 2.49. The highest BCUT2D eigenvalue weighted by Crippen LogP contribution is 2.50. The van der Waals surface area contributed by atoms with Crippen molar-refractivity contribution in [3.63, 3.8) is 0 Å². The third-order valence-electron chi connectivity index (χ3n) is 7.27. The van der Waals surface area contributed by atoms with Gasteiger partial charge in [-0.05, 0) is 55.2 Å². The van der Waals surface area contributed by atoms with Crippen LogP contribution < -0.4 is 4.90 Å². The fraction of sp³-hybridized carbons (Fsp3) is 0.500. The molecule has 5 rings (SSSR count). The monoisotopic (exact) mass is 418 g/mol. The highest BCUT2D eigenvalue weighted by atomic mass is 16.5. The van der Waals surface area contributed by atoms with Gasteiger partial charge in [-0.2, -0.15) is 0 Å². The first-order valence-corrected chi connectivity index (χ1v) is 11.3. The number of pyridine rings is 1. The van der Waals surface area contributed by atoms with Crippen LogP contribution in [0.15, 0.2) is 42.5 Å². The lowest BCUT2D eigenvalue weighted by molar-refractivity contribution is 0.0217. The molecule has 2 saturated carbocycles. The van der Waals surface area contributed by atoms with E-state index in [4.69, 9.17) is 9.72 Å². The number of methoxy groups -OCH3 is 1. The van der Waals surface area contributed by atoms with E-state index in [1.807, 2.05) is 30.3 Å². The van der Waals surface area contributed by atoms with Crippen LogP contribution in [0, 0.1) is 23.7 Å². The minimum atomic E-state index is -0.851. The van der Waals surface area contributed by atoms with E-state index in [0.29, 0.717) is 31.3 Å². The topological polar surface area (TPSA) is 65.8 Å². The van der Waals surface area contributed by atoms with Gasteiger partial charge in [-0.3, -0.25) is 0 Å². The summed E-state index contributed by atoms with van der Waals surface area (Å²) in [5.41, 5.74) is 2.09. The Balaban J connectivity index is 1.45. The van der Waals surface area contributed by atoms with Gasteiger partial charge in [-0.15, -0.1) is 0 Å². The fourth-order valence-corrected chi connectivity index (χ4v) is 5.51. The SMILES string of the molecule is CO[C@@H]1CN(c2ccc(C#CC3(O)CC4CCC3C4)c(Cc3ccccc3)n2)C[C@H]1O. The molecular weight excluding hydrogens is 388 g/mol. The Hall–Kier alpha value is -2.39. The number of rotatable bonds is 4. The molecule has 1 aromatic carbocycles. The normalized spacial score (nSPS) is 31.6. The smallest absolute Gasteiger partial charge is 0.129 e. The van der Waals surface area contributed by atoms with Crippen molar-refractivity contribution < 1.29 is 14.9 Å². The zero-order valence-electron chi connectivity index (χ0n) is 18.0. The van der Waals surface area contributed by atoms with Gasteiger partial charge in [0.25, 0.3) is 0 Å². The Bertz CT molecular complexity index is 999. The number of β-amino-alcohol motifs (C(OH)–C–C–N with tert-alkyl or cyclic N) is 1. The average Bonchev–Trinajstić information content (AvgIpc) is 3.48. The van der Waals surface area contributed by atoms with Crippen molar-refractivity contribution in [1.82, 2.24) is 4.98 Å². The standard InChI is InChI=1S/C26H30N2O3/c1-31-24-17-28(16-23(24)29)25-10-8-20(22(27-25)14-18-5-3-2-4-6-18)11-12-26(30)15-19-7-9-21(26)13-19/h2-6,8,10,19,21,23-24,29-30H,7,9,13-17H2,1H3/t19?,21?,23-,24-,26?/m1/s1. The molecule has 5 heteroatoms. The lowest BCUT2D eigenvalue weighted by atomic mass is 9.84. The van der Waals surface area contributed by atoms with E-state index in [1.54, 1.807) is 7.11 Å². The molecule has 31 heavy (non-hydrogen) atoms. The van der Waals surface area contributed by atoms with Crippen molar-refractivity contribution in [2.45, 2.75) is 49.9 Å². The van der Waals surface area contributed by atoms with Gasteiger partial charge in [0.2, 0.25) is 0 Å². The number of ether oxygens (including phenoxy) is 1. The first-order valence-electron chi connectivity index (χ1n) is 11.3. The number of fused-ring (bicyclic) bond motifs is 2. The van der Waals surface area contributed by atoms with Crippen molar-refractivity contribution in [2.75, 3.05) is 25.1 Å². The minimum absolute atomic E-state index is 0.203. The molecule has 162 valence electrons. The number of nitrogens with zero attached hydrogens (tertiary/aromatic N) is 2. The molecule has 0 radical (unpaired) electrons. The predicted molar refractivity (Wildman–Crippen MR) is 120 cm³/mol. The molecule has 0 amide bonds. The number of hydrogen-bond acceptors (Lipinski definition) is 5. The molecule has 5 atom stereocenters. The van der Waals surface area contributed by atoms with Crippen molar-refractivity contribution in [3.05, 3.63) is 59.3 Å². The Labute approximate surface area is 184 Å². The van der Waals surface area contributed by atoms with Gasteiger partial charge in [0.1, 0.15) is 17.5 Å². The maximum absolute atomic E-state index is 11.1. The molecule has 3 unspecified atom stereocenters. The Morgan fingerprint density at radius 3 is 2.68 bits per heavy atom. The van der Waals surface area contributed by atoms with Crippen molar-refractivity contribution in [2.24, 2.45) is 11.8 Å². The summed E-state index contributed by atoms with van der Waals surface area (Å²) in [6, 6.07) is 14.2. The minimum Gasteiger partial charge on any atom is -0.388 e. The molecule has 1 aromatic heterocycles. The number of anilines is 1. The Morgan fingerprint density at radius 2 is 2.00 bits per heavy atom. The van der Waals surface area contributed by atoms with Crippen LogP contribution in [-0.2, 0) is 11.2 Å². The second-order valence-corrected chi connectivity index (χ2v) is 9.33. The van der Waals surface area contributed by atoms with Crippen molar-refractivity contribution >= 4 is 5.82 Å². The summed E-state index contributed by atoms with van der Waals surface area (Å²) in [6.07, 6.45) is 4.18. The summed E-state index contributed by atoms with van der Waals surface area (Å²) in [7, 11) is 1.63. The van der Waals surface area contributed by atoms with Crippen LogP contribution in [0.2, 0.25) is 0 Å². The van der Waals surface area contributed by atoms with E-state index in [9.17, 15) is 10.2 Å². The molecule has 1 saturated heterocycles. The first kappa shape index (κ1) is 20.5. The van der Waals surface area contributed by atoms with E-state index < -0.39 is 11.7 Å². The van der Waals surface area contributed by atoms with E-state index in [1.165, 1.54) is 12.0 Å². The molecule has 3 aliphatic rings. The summed E-state index contributed by atoms with van der Waals surface area (Å²) in [5.74, 6) is 8.30. The molecule has 1 aliphatic heterocycles. The van der Waals surface area contributed by atoms with E-state index in [2.05, 4.69) is 28.9 Å². The van der Waals surface area contributed by atoms with Crippen LogP contribution >= 0.6 is 0 Å². The van der Waals surface area contributed by atoms with Gasteiger partial charge in [-0.25, -0.2) is 4.98 Å². The largest absolute Gasteiger partial charge is 0.388 e. The fourth-order valence-electron chi connectivity index (χ4n) is 5.51. The quantitative estimate of drug-likeness (QED) is 0.748. The number of aromatic nitrogens is 1. The predicted octanol–water partition coefficient (Wildman–Crippen LogP) is 2.77. The van der Waals surface area contributed by atoms with E-state index >= 15 is 0 Å². The third-order valence-corrected chi connectivity index (χ3v) is 7.27. The van der Waals surface area contributed by atoms with Gasteiger partial charge < -0.3 is 19.8 Å². The molecule has 2 bridgehead atoms. The van der Waals surface area contributed by atoms with E-state index in [0.717, 1.165) is 36.3 Å². The summed E-state index contributed by atoms with van der Waals surface area (Å²) in [4.78, 5) is 7.01. The average molecular weight is 419 g/mol. The van der Waals surface area contributed by atoms with Crippen molar-refractivity contribution in [1.29, 1.82) is 0 Å². The lowest BCUT2D eigenvalue weighted by Gasteiger charge is -2.26. The maximum atomic E-state index is 11.1. The summed E-state index contributed by atoms with van der Waals surface area (Å²) in [6.45, 7) is 1.12. The molecule has 2 N–H and O–H groups in total. The third kappa shape index (κ3) is 4.08. The molecule has 5 nitrogen and oxygen atoms in total. The van der Waals surface area contributed by atoms with Crippen LogP contribution in [0.1, 0.15) is 42.5 Å².